The molecule has 0 spiro atoms. The Morgan fingerprint density at radius 2 is 2.09 bits per heavy atom. The minimum atomic E-state index is -0.801. The molecule has 0 radical (unpaired) electrons. The lowest BCUT2D eigenvalue weighted by Gasteiger charge is -2.17. The molecule has 23 heavy (non-hydrogen) atoms. The third-order valence-corrected chi connectivity index (χ3v) is 4.96. The van der Waals surface area contributed by atoms with Crippen LogP contribution >= 0.6 is 11.3 Å². The van der Waals surface area contributed by atoms with Gasteiger partial charge in [0.05, 0.1) is 22.7 Å². The lowest BCUT2D eigenvalue weighted by atomic mass is 10.2. The van der Waals surface area contributed by atoms with E-state index in [0.717, 1.165) is 11.3 Å². The monoisotopic (exact) mass is 337 g/mol. The molecule has 1 amide bonds. The maximum Gasteiger partial charge on any atom is 0.329 e. The lowest BCUT2D eigenvalue weighted by Crippen LogP contribution is -2.31. The van der Waals surface area contributed by atoms with Crippen LogP contribution in [0, 0.1) is 6.92 Å². The van der Waals surface area contributed by atoms with E-state index < -0.39 is 17.9 Å². The first-order valence-corrected chi connectivity index (χ1v) is 8.10. The van der Waals surface area contributed by atoms with E-state index in [-0.39, 0.29) is 11.7 Å². The van der Waals surface area contributed by atoms with Gasteiger partial charge in [0.25, 0.3) is 11.5 Å². The van der Waals surface area contributed by atoms with E-state index in [4.69, 9.17) is 10.5 Å². The van der Waals surface area contributed by atoms with Gasteiger partial charge in [0, 0.05) is 0 Å². The average Bonchev–Trinajstić information content (AvgIpc) is 2.84. The number of carbonyl (C=O) groups excluding carboxylic acids is 2. The molecule has 2 heterocycles. The van der Waals surface area contributed by atoms with Crippen LogP contribution in [0.5, 0.6) is 0 Å². The molecule has 2 rings (SSSR count). The third kappa shape index (κ3) is 3.12. The smallest absolute Gasteiger partial charge is 0.329 e. The highest BCUT2D eigenvalue weighted by molar-refractivity contribution is 7.20. The summed E-state index contributed by atoms with van der Waals surface area (Å²) < 4.78 is 6.48. The van der Waals surface area contributed by atoms with Gasteiger partial charge in [0.15, 0.2) is 0 Å². The molecule has 0 saturated carbocycles. The zero-order chi connectivity index (χ0) is 17.3. The topological polar surface area (TPSA) is 104 Å². The van der Waals surface area contributed by atoms with Gasteiger partial charge in [-0.3, -0.25) is 14.2 Å². The summed E-state index contributed by atoms with van der Waals surface area (Å²) in [6, 6.07) is -0.801. The molecule has 124 valence electrons. The molecule has 2 aromatic heterocycles. The van der Waals surface area contributed by atoms with E-state index in [2.05, 4.69) is 4.98 Å². The zero-order valence-corrected chi connectivity index (χ0v) is 14.3. The number of aryl methyl sites for hydroxylation is 1. The highest BCUT2D eigenvalue weighted by Gasteiger charge is 2.23. The Labute approximate surface area is 137 Å². The summed E-state index contributed by atoms with van der Waals surface area (Å²) in [5, 5.41) is 0.314. The summed E-state index contributed by atoms with van der Waals surface area (Å²) in [5.74, 6) is -1.09. The number of rotatable bonds is 5. The molecular weight excluding hydrogens is 318 g/mol. The number of fused-ring (bicyclic) bond motifs is 1. The summed E-state index contributed by atoms with van der Waals surface area (Å²) in [6.45, 7) is 6.92. The van der Waals surface area contributed by atoms with Crippen molar-refractivity contribution in [1.82, 2.24) is 9.55 Å². The second kappa shape index (κ2) is 6.49. The zero-order valence-electron chi connectivity index (χ0n) is 13.5. The molecule has 2 aromatic rings. The highest BCUT2D eigenvalue weighted by atomic mass is 32.1. The molecule has 0 fully saturated rings. The average molecular weight is 337 g/mol. The fraction of sp³-hybridized carbons (Fsp3) is 0.467. The van der Waals surface area contributed by atoms with Crippen LogP contribution in [0.3, 0.4) is 0 Å². The van der Waals surface area contributed by atoms with E-state index in [9.17, 15) is 14.4 Å². The largest absolute Gasteiger partial charge is 0.461 e. The van der Waals surface area contributed by atoms with Crippen LogP contribution in [0.4, 0.5) is 0 Å². The molecule has 2 atom stereocenters. The van der Waals surface area contributed by atoms with Crippen molar-refractivity contribution in [2.75, 3.05) is 0 Å². The molecule has 2 N–H and O–H groups in total. The summed E-state index contributed by atoms with van der Waals surface area (Å²) in [7, 11) is 0. The van der Waals surface area contributed by atoms with E-state index in [1.165, 1.54) is 10.9 Å². The van der Waals surface area contributed by atoms with Crippen LogP contribution in [-0.2, 0) is 9.53 Å². The van der Waals surface area contributed by atoms with Gasteiger partial charge in [-0.2, -0.15) is 0 Å². The number of thiophene rings is 1. The number of amides is 1. The van der Waals surface area contributed by atoms with Gasteiger partial charge in [-0.05, 0) is 32.8 Å². The van der Waals surface area contributed by atoms with Crippen molar-refractivity contribution >= 4 is 33.4 Å². The van der Waals surface area contributed by atoms with Gasteiger partial charge in [-0.25, -0.2) is 9.78 Å². The van der Waals surface area contributed by atoms with E-state index in [0.29, 0.717) is 27.1 Å². The van der Waals surface area contributed by atoms with Gasteiger partial charge in [-0.15, -0.1) is 11.3 Å². The van der Waals surface area contributed by atoms with Gasteiger partial charge in [-0.1, -0.05) is 6.92 Å². The summed E-state index contributed by atoms with van der Waals surface area (Å²) in [5.41, 5.74) is 5.41. The number of esters is 1. The Balaban J connectivity index is 2.49. The quantitative estimate of drug-likeness (QED) is 0.837. The number of ether oxygens (including phenoxy) is 1. The van der Waals surface area contributed by atoms with Crippen LogP contribution in [0.25, 0.3) is 10.2 Å². The van der Waals surface area contributed by atoms with Crippen LogP contribution < -0.4 is 11.3 Å². The number of nitrogens with two attached hydrogens (primary N) is 1. The van der Waals surface area contributed by atoms with Crippen molar-refractivity contribution in [3.8, 4) is 0 Å². The molecule has 0 aliphatic rings. The molecule has 7 nitrogen and oxygen atoms in total. The molecule has 0 aliphatic heterocycles. The van der Waals surface area contributed by atoms with Crippen LogP contribution in [0.2, 0.25) is 0 Å². The van der Waals surface area contributed by atoms with Gasteiger partial charge < -0.3 is 10.5 Å². The second-order valence-electron chi connectivity index (χ2n) is 5.39. The van der Waals surface area contributed by atoms with Crippen LogP contribution in [0.15, 0.2) is 11.1 Å². The standard InChI is InChI=1S/C15H19N3O4S/c1-5-7(2)22-15(21)9(4)18-6-17-13-10(14(18)20)8(3)11(23-13)12(16)19/h6-7,9H,5H2,1-4H3,(H2,16,19)/t7-,9+/m1/s1. The Kier molecular flexibility index (Phi) is 4.84. The fourth-order valence-corrected chi connectivity index (χ4v) is 3.13. The molecule has 8 heteroatoms. The molecule has 0 aromatic carbocycles. The molecule has 0 unspecified atom stereocenters. The molecule has 0 saturated heterocycles. The number of nitrogens with zero attached hydrogens (tertiary/aromatic N) is 2. The molecular formula is C15H19N3O4S. The predicted molar refractivity (Wildman–Crippen MR) is 87.7 cm³/mol. The van der Waals surface area contributed by atoms with Crippen molar-refractivity contribution in [2.24, 2.45) is 5.73 Å². The minimum absolute atomic E-state index is 0.221. The first-order chi connectivity index (χ1) is 10.8. The normalized spacial score (nSPS) is 13.7. The Bertz CT molecular complexity index is 824. The minimum Gasteiger partial charge on any atom is -0.461 e. The highest BCUT2D eigenvalue weighted by Crippen LogP contribution is 2.26. The number of aromatic nitrogens is 2. The number of hydrogen-bond donors (Lipinski definition) is 1. The van der Waals surface area contributed by atoms with Crippen LogP contribution in [0.1, 0.15) is 48.5 Å². The predicted octanol–water partition coefficient (Wildman–Crippen LogP) is 1.77. The van der Waals surface area contributed by atoms with E-state index >= 15 is 0 Å². The molecule has 0 aliphatic carbocycles. The third-order valence-electron chi connectivity index (χ3n) is 3.75. The van der Waals surface area contributed by atoms with Gasteiger partial charge >= 0.3 is 5.97 Å². The summed E-state index contributed by atoms with van der Waals surface area (Å²) >= 11 is 1.07. The first-order valence-electron chi connectivity index (χ1n) is 7.28. The van der Waals surface area contributed by atoms with Crippen molar-refractivity contribution in [1.29, 1.82) is 0 Å². The second-order valence-corrected chi connectivity index (χ2v) is 6.39. The van der Waals surface area contributed by atoms with Gasteiger partial charge in [0.2, 0.25) is 0 Å². The number of hydrogen-bond acceptors (Lipinski definition) is 6. The van der Waals surface area contributed by atoms with Crippen LogP contribution in [-0.4, -0.2) is 27.5 Å². The Morgan fingerprint density at radius 3 is 2.65 bits per heavy atom. The Hall–Kier alpha value is -2.22. The summed E-state index contributed by atoms with van der Waals surface area (Å²) in [6.07, 6.45) is 1.77. The van der Waals surface area contributed by atoms with E-state index in [1.54, 1.807) is 20.8 Å². The van der Waals surface area contributed by atoms with Crippen molar-refractivity contribution in [3.05, 3.63) is 27.1 Å². The fourth-order valence-electron chi connectivity index (χ4n) is 2.14. The lowest BCUT2D eigenvalue weighted by molar-refractivity contribution is -0.152. The maximum atomic E-state index is 12.7. The van der Waals surface area contributed by atoms with Crippen molar-refractivity contribution in [2.45, 2.75) is 46.3 Å². The SMILES string of the molecule is CC[C@@H](C)OC(=O)[C@H](C)n1cnc2sc(C(N)=O)c(C)c2c1=O. The molecule has 0 bridgehead atoms. The Morgan fingerprint density at radius 1 is 1.43 bits per heavy atom. The van der Waals surface area contributed by atoms with Crippen molar-refractivity contribution in [3.63, 3.8) is 0 Å². The maximum absolute atomic E-state index is 12.7. The number of carbonyl (C=O) groups is 2. The van der Waals surface area contributed by atoms with Gasteiger partial charge in [0.1, 0.15) is 10.9 Å². The van der Waals surface area contributed by atoms with Crippen molar-refractivity contribution < 1.29 is 14.3 Å². The summed E-state index contributed by atoms with van der Waals surface area (Å²) in [4.78, 5) is 41.1. The van der Waals surface area contributed by atoms with E-state index in [1.807, 2.05) is 6.92 Å². The number of primary amides is 1. The first kappa shape index (κ1) is 17.1.